The predicted molar refractivity (Wildman–Crippen MR) is 65.9 cm³/mol. The topological polar surface area (TPSA) is 20.2 Å². The second-order valence-corrected chi connectivity index (χ2v) is 6.79. The summed E-state index contributed by atoms with van der Waals surface area (Å²) in [5.41, 5.74) is 1.91. The molecule has 0 amide bonds. The van der Waals surface area contributed by atoms with Gasteiger partial charge in [-0.2, -0.15) is 0 Å². The van der Waals surface area contributed by atoms with Crippen molar-refractivity contribution in [2.75, 3.05) is 6.61 Å². The molecule has 0 aromatic heterocycles. The highest BCUT2D eigenvalue weighted by Gasteiger charge is 2.65. The Labute approximate surface area is 98.9 Å². The van der Waals surface area contributed by atoms with Crippen molar-refractivity contribution in [2.45, 2.75) is 40.0 Å². The maximum absolute atomic E-state index is 9.51. The van der Waals surface area contributed by atoms with Crippen molar-refractivity contribution in [1.29, 1.82) is 0 Å². The molecule has 0 spiro atoms. The summed E-state index contributed by atoms with van der Waals surface area (Å²) in [7, 11) is 0. The lowest BCUT2D eigenvalue weighted by Gasteiger charge is -2.70. The quantitative estimate of drug-likeness (QED) is 0.708. The van der Waals surface area contributed by atoms with Crippen LogP contribution >= 0.6 is 0 Å². The van der Waals surface area contributed by atoms with Gasteiger partial charge in [0.15, 0.2) is 0 Å². The van der Waals surface area contributed by atoms with Crippen LogP contribution in [0, 0.1) is 35.0 Å². The molecule has 0 saturated heterocycles. The van der Waals surface area contributed by atoms with E-state index in [4.69, 9.17) is 0 Å². The molecule has 4 rings (SSSR count). The number of rotatable bonds is 2. The molecule has 5 atom stereocenters. The van der Waals surface area contributed by atoms with E-state index in [0.29, 0.717) is 12.0 Å². The fourth-order valence-electron chi connectivity index (χ4n) is 5.22. The maximum Gasteiger partial charge on any atom is 0.0644 e. The van der Waals surface area contributed by atoms with E-state index in [2.05, 4.69) is 26.8 Å². The normalized spacial score (nSPS) is 49.9. The fraction of sp³-hybridized carbons (Fsp3) is 0.867. The Balaban J connectivity index is 1.93. The standard InChI is InChI=1S/C15H24O/c1-9(2)11-6-7-15(3)12-5-4-10(8-16)14(15)13(11)12/h4,9,11-14,16H,5-8H2,1-3H3/t11-,12?,13?,14+,15?/m0/s1. The molecule has 1 nitrogen and oxygen atoms in total. The van der Waals surface area contributed by atoms with E-state index in [1.807, 2.05) is 0 Å². The summed E-state index contributed by atoms with van der Waals surface area (Å²) in [4.78, 5) is 0. The Kier molecular flexibility index (Phi) is 2.27. The third kappa shape index (κ3) is 1.11. The molecule has 3 saturated carbocycles. The van der Waals surface area contributed by atoms with Crippen LogP contribution in [0.4, 0.5) is 0 Å². The van der Waals surface area contributed by atoms with Gasteiger partial charge >= 0.3 is 0 Å². The molecule has 0 aromatic carbocycles. The summed E-state index contributed by atoms with van der Waals surface area (Å²) in [6.07, 6.45) is 6.37. The Morgan fingerprint density at radius 2 is 2.25 bits per heavy atom. The van der Waals surface area contributed by atoms with E-state index in [1.54, 1.807) is 0 Å². The van der Waals surface area contributed by atoms with Crippen LogP contribution in [0.2, 0.25) is 0 Å². The summed E-state index contributed by atoms with van der Waals surface area (Å²) in [6, 6.07) is 0. The van der Waals surface area contributed by atoms with Gasteiger partial charge in [0.1, 0.15) is 0 Å². The number of allylic oxidation sites excluding steroid dienone is 1. The zero-order chi connectivity index (χ0) is 11.5. The summed E-state index contributed by atoms with van der Waals surface area (Å²) in [6.45, 7) is 7.53. The van der Waals surface area contributed by atoms with Gasteiger partial charge in [-0.3, -0.25) is 0 Å². The number of hydrogen-bond donors (Lipinski definition) is 1. The third-order valence-corrected chi connectivity index (χ3v) is 5.99. The lowest BCUT2D eigenvalue weighted by atomic mass is 9.34. The Morgan fingerprint density at radius 3 is 2.88 bits per heavy atom. The summed E-state index contributed by atoms with van der Waals surface area (Å²) < 4.78 is 0. The monoisotopic (exact) mass is 220 g/mol. The highest BCUT2D eigenvalue weighted by molar-refractivity contribution is 5.29. The second kappa shape index (κ2) is 3.35. The van der Waals surface area contributed by atoms with Crippen molar-refractivity contribution >= 4 is 0 Å². The van der Waals surface area contributed by atoms with Gasteiger partial charge in [0.05, 0.1) is 6.61 Å². The highest BCUT2D eigenvalue weighted by Crippen LogP contribution is 2.71. The van der Waals surface area contributed by atoms with Crippen LogP contribution in [-0.2, 0) is 0 Å². The summed E-state index contributed by atoms with van der Waals surface area (Å²) in [5.74, 6) is 4.27. The molecule has 0 radical (unpaired) electrons. The van der Waals surface area contributed by atoms with Crippen LogP contribution in [0.5, 0.6) is 0 Å². The van der Waals surface area contributed by atoms with Crippen molar-refractivity contribution < 1.29 is 5.11 Å². The molecule has 0 aromatic rings. The average Bonchev–Trinajstić information content (AvgIpc) is 2.29. The van der Waals surface area contributed by atoms with E-state index in [1.165, 1.54) is 24.8 Å². The van der Waals surface area contributed by atoms with Gasteiger partial charge in [-0.15, -0.1) is 0 Å². The molecular weight excluding hydrogens is 196 g/mol. The maximum atomic E-state index is 9.51. The fourth-order valence-corrected chi connectivity index (χ4v) is 5.22. The van der Waals surface area contributed by atoms with Gasteiger partial charge in [-0.1, -0.05) is 26.8 Å². The van der Waals surface area contributed by atoms with Gasteiger partial charge < -0.3 is 5.11 Å². The van der Waals surface area contributed by atoms with Gasteiger partial charge in [0.2, 0.25) is 0 Å². The molecule has 1 heteroatoms. The van der Waals surface area contributed by atoms with Crippen LogP contribution < -0.4 is 0 Å². The molecule has 0 aliphatic heterocycles. The van der Waals surface area contributed by atoms with Crippen LogP contribution in [0.1, 0.15) is 40.0 Å². The van der Waals surface area contributed by atoms with Gasteiger partial charge in [-0.05, 0) is 59.8 Å². The van der Waals surface area contributed by atoms with E-state index < -0.39 is 0 Å². The van der Waals surface area contributed by atoms with Crippen molar-refractivity contribution in [2.24, 2.45) is 35.0 Å². The largest absolute Gasteiger partial charge is 0.392 e. The Morgan fingerprint density at radius 1 is 1.50 bits per heavy atom. The lowest BCUT2D eigenvalue weighted by Crippen LogP contribution is -2.64. The minimum absolute atomic E-state index is 0.300. The van der Waals surface area contributed by atoms with Crippen molar-refractivity contribution in [3.63, 3.8) is 0 Å². The zero-order valence-electron chi connectivity index (χ0n) is 10.7. The summed E-state index contributed by atoms with van der Waals surface area (Å²) >= 11 is 0. The van der Waals surface area contributed by atoms with Crippen LogP contribution in [-0.4, -0.2) is 11.7 Å². The number of aliphatic hydroxyl groups excluding tert-OH is 1. The van der Waals surface area contributed by atoms with Crippen LogP contribution in [0.3, 0.4) is 0 Å². The molecule has 4 aliphatic carbocycles. The number of fused-ring (bicyclic) bond motifs is 2. The Hall–Kier alpha value is -0.300. The first-order chi connectivity index (χ1) is 7.59. The number of hydrogen-bond acceptors (Lipinski definition) is 1. The van der Waals surface area contributed by atoms with Crippen LogP contribution in [0.25, 0.3) is 0 Å². The first kappa shape index (κ1) is 10.8. The third-order valence-electron chi connectivity index (χ3n) is 5.99. The van der Waals surface area contributed by atoms with Crippen molar-refractivity contribution in [3.05, 3.63) is 11.6 Å². The van der Waals surface area contributed by atoms with Gasteiger partial charge in [-0.25, -0.2) is 0 Å². The molecular formula is C15H24O. The molecule has 4 bridgehead atoms. The van der Waals surface area contributed by atoms with E-state index in [0.717, 1.165) is 29.6 Å². The zero-order valence-corrected chi connectivity index (χ0v) is 10.7. The molecule has 3 fully saturated rings. The van der Waals surface area contributed by atoms with Crippen LogP contribution in [0.15, 0.2) is 11.6 Å². The Bertz CT molecular complexity index is 330. The first-order valence-electron chi connectivity index (χ1n) is 6.89. The first-order valence-corrected chi connectivity index (χ1v) is 6.89. The van der Waals surface area contributed by atoms with Crippen molar-refractivity contribution in [1.82, 2.24) is 0 Å². The number of aliphatic hydroxyl groups is 1. The average molecular weight is 220 g/mol. The molecule has 4 aliphatic rings. The van der Waals surface area contributed by atoms with Gasteiger partial charge in [0.25, 0.3) is 0 Å². The molecule has 0 heterocycles. The molecule has 16 heavy (non-hydrogen) atoms. The smallest absolute Gasteiger partial charge is 0.0644 e. The SMILES string of the molecule is CC(C)[C@@H]1CCC2(C)C3CC=C(CO)[C@@H]2C31. The summed E-state index contributed by atoms with van der Waals surface area (Å²) in [5, 5.41) is 9.51. The van der Waals surface area contributed by atoms with E-state index in [-0.39, 0.29) is 0 Å². The lowest BCUT2D eigenvalue weighted by molar-refractivity contribution is -0.183. The van der Waals surface area contributed by atoms with Gasteiger partial charge in [0, 0.05) is 0 Å². The van der Waals surface area contributed by atoms with E-state index in [9.17, 15) is 5.11 Å². The minimum Gasteiger partial charge on any atom is -0.392 e. The second-order valence-electron chi connectivity index (χ2n) is 6.79. The predicted octanol–water partition coefficient (Wildman–Crippen LogP) is 3.24. The molecule has 3 unspecified atom stereocenters. The molecule has 90 valence electrons. The molecule has 1 N–H and O–H groups in total. The highest BCUT2D eigenvalue weighted by atomic mass is 16.3. The van der Waals surface area contributed by atoms with Crippen molar-refractivity contribution in [3.8, 4) is 0 Å². The van der Waals surface area contributed by atoms with E-state index >= 15 is 0 Å². The minimum atomic E-state index is 0.300.